The topological polar surface area (TPSA) is 48.3 Å². The van der Waals surface area contributed by atoms with Crippen LogP contribution in [-0.2, 0) is 9.47 Å². The van der Waals surface area contributed by atoms with Gasteiger partial charge in [-0.3, -0.25) is 0 Å². The van der Waals surface area contributed by atoms with E-state index in [2.05, 4.69) is 21.8 Å². The third-order valence-corrected chi connectivity index (χ3v) is 4.20. The molecule has 5 nitrogen and oxygen atoms in total. The van der Waals surface area contributed by atoms with Gasteiger partial charge >= 0.3 is 0 Å². The molecule has 1 N–H and O–H groups in total. The highest BCUT2D eigenvalue weighted by molar-refractivity contribution is 4.96. The van der Waals surface area contributed by atoms with Gasteiger partial charge < -0.3 is 19.4 Å². The third kappa shape index (κ3) is 2.68. The number of nitrogens with one attached hydrogen (secondary N) is 1. The first-order valence-corrected chi connectivity index (χ1v) is 7.32. The lowest BCUT2D eigenvalue weighted by atomic mass is 9.85. The minimum Gasteiger partial charge on any atom is -0.347 e. The van der Waals surface area contributed by atoms with Crippen LogP contribution in [0.4, 0.5) is 0 Å². The summed E-state index contributed by atoms with van der Waals surface area (Å²) in [6.07, 6.45) is 9.92. The van der Waals surface area contributed by atoms with Crippen LogP contribution >= 0.6 is 0 Å². The maximum Gasteiger partial charge on any atom is 0.170 e. The molecule has 0 radical (unpaired) electrons. The van der Waals surface area contributed by atoms with Crippen molar-refractivity contribution in [1.82, 2.24) is 14.9 Å². The minimum absolute atomic E-state index is 0.348. The molecule has 2 aliphatic rings. The summed E-state index contributed by atoms with van der Waals surface area (Å²) in [7, 11) is 0. The highest BCUT2D eigenvalue weighted by Crippen LogP contribution is 2.41. The van der Waals surface area contributed by atoms with Gasteiger partial charge in [0.05, 0.1) is 25.6 Å². The van der Waals surface area contributed by atoms with Crippen molar-refractivity contribution in [3.8, 4) is 0 Å². The summed E-state index contributed by atoms with van der Waals surface area (Å²) in [6, 6.07) is 0.841. The van der Waals surface area contributed by atoms with Crippen LogP contribution in [0, 0.1) is 0 Å². The highest BCUT2D eigenvalue weighted by Gasteiger charge is 2.45. The number of nitrogens with zero attached hydrogens (tertiary/aromatic N) is 2. The first-order valence-electron chi connectivity index (χ1n) is 7.32. The predicted octanol–water partition coefficient (Wildman–Crippen LogP) is 1.72. The lowest BCUT2D eigenvalue weighted by molar-refractivity contribution is -0.188. The maximum absolute atomic E-state index is 5.88. The largest absolute Gasteiger partial charge is 0.347 e. The molecule has 5 heteroatoms. The summed E-state index contributed by atoms with van der Waals surface area (Å²) >= 11 is 0. The molecule has 2 heterocycles. The van der Waals surface area contributed by atoms with Crippen molar-refractivity contribution in [3.05, 3.63) is 18.7 Å². The van der Waals surface area contributed by atoms with Gasteiger partial charge in [-0.1, -0.05) is 6.92 Å². The van der Waals surface area contributed by atoms with Gasteiger partial charge in [0.2, 0.25) is 0 Å². The van der Waals surface area contributed by atoms with E-state index >= 15 is 0 Å². The Morgan fingerprint density at radius 3 is 2.95 bits per heavy atom. The van der Waals surface area contributed by atoms with Crippen LogP contribution in [0.15, 0.2) is 18.7 Å². The smallest absolute Gasteiger partial charge is 0.170 e. The zero-order valence-corrected chi connectivity index (χ0v) is 11.5. The first-order chi connectivity index (χ1) is 9.33. The van der Waals surface area contributed by atoms with Crippen molar-refractivity contribution >= 4 is 0 Å². The third-order valence-electron chi connectivity index (χ3n) is 4.20. The molecule has 0 bridgehead atoms. The van der Waals surface area contributed by atoms with Crippen LogP contribution in [0.25, 0.3) is 0 Å². The van der Waals surface area contributed by atoms with E-state index in [1.807, 2.05) is 18.7 Å². The van der Waals surface area contributed by atoms with Gasteiger partial charge in [-0.15, -0.1) is 0 Å². The van der Waals surface area contributed by atoms with Crippen molar-refractivity contribution in [2.45, 2.75) is 50.5 Å². The Kier molecular flexibility index (Phi) is 3.86. The summed E-state index contributed by atoms with van der Waals surface area (Å²) in [5.41, 5.74) is 0. The SMILES string of the molecule is CCCNC1CCC2(CC1n1ccnc1)OCCO2. The zero-order valence-electron chi connectivity index (χ0n) is 11.5. The second-order valence-corrected chi connectivity index (χ2v) is 5.49. The van der Waals surface area contributed by atoms with Crippen molar-refractivity contribution in [2.24, 2.45) is 0 Å². The van der Waals surface area contributed by atoms with E-state index in [4.69, 9.17) is 9.47 Å². The van der Waals surface area contributed by atoms with Crippen LogP contribution in [0.2, 0.25) is 0 Å². The van der Waals surface area contributed by atoms with Gasteiger partial charge in [0.1, 0.15) is 0 Å². The van der Waals surface area contributed by atoms with Gasteiger partial charge in [-0.25, -0.2) is 4.98 Å². The fourth-order valence-corrected chi connectivity index (χ4v) is 3.24. The summed E-state index contributed by atoms with van der Waals surface area (Å²) in [6.45, 7) is 4.71. The van der Waals surface area contributed by atoms with E-state index in [0.29, 0.717) is 12.1 Å². The molecule has 1 aliphatic heterocycles. The Hall–Kier alpha value is -0.910. The van der Waals surface area contributed by atoms with E-state index in [1.54, 1.807) is 0 Å². The van der Waals surface area contributed by atoms with E-state index in [1.165, 1.54) is 0 Å². The molecule has 19 heavy (non-hydrogen) atoms. The van der Waals surface area contributed by atoms with Gasteiger partial charge in [-0.2, -0.15) is 0 Å². The van der Waals surface area contributed by atoms with E-state index in [-0.39, 0.29) is 5.79 Å². The normalized spacial score (nSPS) is 29.9. The van der Waals surface area contributed by atoms with Gasteiger partial charge in [-0.05, 0) is 19.4 Å². The monoisotopic (exact) mass is 265 g/mol. The molecule has 1 saturated carbocycles. The molecule has 1 aliphatic carbocycles. The Morgan fingerprint density at radius 2 is 2.26 bits per heavy atom. The van der Waals surface area contributed by atoms with Gasteiger partial charge in [0.25, 0.3) is 0 Å². The fraction of sp³-hybridized carbons (Fsp3) is 0.786. The molecule has 1 spiro atoms. The number of rotatable bonds is 4. The maximum atomic E-state index is 5.88. The van der Waals surface area contributed by atoms with Crippen LogP contribution in [0.3, 0.4) is 0 Å². The summed E-state index contributed by atoms with van der Waals surface area (Å²) < 4.78 is 14.0. The van der Waals surface area contributed by atoms with Crippen LogP contribution in [0.5, 0.6) is 0 Å². The highest BCUT2D eigenvalue weighted by atomic mass is 16.7. The Labute approximate surface area is 114 Å². The van der Waals surface area contributed by atoms with Crippen molar-refractivity contribution < 1.29 is 9.47 Å². The Morgan fingerprint density at radius 1 is 1.42 bits per heavy atom. The number of aromatic nitrogens is 2. The van der Waals surface area contributed by atoms with Gasteiger partial charge in [0, 0.05) is 31.3 Å². The standard InChI is InChI=1S/C14H23N3O2/c1-2-5-16-12-3-4-14(18-8-9-19-14)10-13(12)17-7-6-15-11-17/h6-7,11-13,16H,2-5,8-10H2,1H3. The quantitative estimate of drug-likeness (QED) is 0.900. The van der Waals surface area contributed by atoms with Gasteiger partial charge in [0.15, 0.2) is 5.79 Å². The molecular weight excluding hydrogens is 242 g/mol. The lowest BCUT2D eigenvalue weighted by Gasteiger charge is -2.41. The molecule has 2 unspecified atom stereocenters. The van der Waals surface area contributed by atoms with Crippen molar-refractivity contribution in [3.63, 3.8) is 0 Å². The van der Waals surface area contributed by atoms with E-state index in [9.17, 15) is 0 Å². The second-order valence-electron chi connectivity index (χ2n) is 5.49. The second kappa shape index (κ2) is 5.61. The molecule has 1 saturated heterocycles. The molecule has 3 rings (SSSR count). The molecular formula is C14H23N3O2. The number of hydrogen-bond donors (Lipinski definition) is 1. The molecule has 0 amide bonds. The molecule has 2 fully saturated rings. The molecule has 1 aromatic rings. The molecule has 2 atom stereocenters. The average Bonchev–Trinajstić information content (AvgIpc) is 3.09. The Bertz CT molecular complexity index is 387. The lowest BCUT2D eigenvalue weighted by Crippen LogP contribution is -2.48. The van der Waals surface area contributed by atoms with Crippen molar-refractivity contribution in [2.75, 3.05) is 19.8 Å². The first kappa shape index (κ1) is 13.1. The van der Waals surface area contributed by atoms with E-state index < -0.39 is 0 Å². The predicted molar refractivity (Wildman–Crippen MR) is 71.8 cm³/mol. The molecule has 1 aromatic heterocycles. The average molecular weight is 265 g/mol. The summed E-state index contributed by atoms with van der Waals surface area (Å²) in [5, 5.41) is 3.66. The summed E-state index contributed by atoms with van der Waals surface area (Å²) in [4.78, 5) is 4.18. The van der Waals surface area contributed by atoms with Crippen LogP contribution in [-0.4, -0.2) is 41.1 Å². The number of ether oxygens (including phenoxy) is 2. The number of hydrogen-bond acceptors (Lipinski definition) is 4. The summed E-state index contributed by atoms with van der Waals surface area (Å²) in [5.74, 6) is -0.348. The fourth-order valence-electron chi connectivity index (χ4n) is 3.24. The molecule has 0 aromatic carbocycles. The van der Waals surface area contributed by atoms with Crippen LogP contribution in [0.1, 0.15) is 38.6 Å². The number of imidazole rings is 1. The minimum atomic E-state index is -0.348. The van der Waals surface area contributed by atoms with Crippen LogP contribution < -0.4 is 5.32 Å². The van der Waals surface area contributed by atoms with Crippen molar-refractivity contribution in [1.29, 1.82) is 0 Å². The zero-order chi connectivity index (χ0) is 13.1. The Balaban J connectivity index is 1.75. The molecule has 106 valence electrons. The van der Waals surface area contributed by atoms with E-state index in [0.717, 1.165) is 45.4 Å².